The summed E-state index contributed by atoms with van der Waals surface area (Å²) in [5.41, 5.74) is 2.75. The fourth-order valence-electron chi connectivity index (χ4n) is 2.44. The lowest BCUT2D eigenvalue weighted by Gasteiger charge is -2.33. The molecule has 110 valence electrons. The van der Waals surface area contributed by atoms with Crippen molar-refractivity contribution in [2.45, 2.75) is 20.3 Å². The number of aliphatic carboxylic acids is 1. The number of carbonyl (C=O) groups is 2. The van der Waals surface area contributed by atoms with Gasteiger partial charge in [-0.25, -0.2) is 0 Å². The first-order valence-electron chi connectivity index (χ1n) is 6.69. The molecule has 1 aromatic heterocycles. The molecule has 7 nitrogen and oxygen atoms in total. The van der Waals surface area contributed by atoms with Crippen LogP contribution in [0, 0.1) is 13.8 Å². The van der Waals surface area contributed by atoms with Crippen molar-refractivity contribution in [3.63, 3.8) is 0 Å². The van der Waals surface area contributed by atoms with Gasteiger partial charge in [0.25, 0.3) is 0 Å². The molecule has 1 aliphatic rings. The molecule has 0 radical (unpaired) electrons. The smallest absolute Gasteiger partial charge is 0.317 e. The number of hydrogen-bond donors (Lipinski definition) is 2. The Morgan fingerprint density at radius 1 is 1.25 bits per heavy atom. The maximum absolute atomic E-state index is 12.2. The van der Waals surface area contributed by atoms with E-state index in [1.165, 1.54) is 0 Å². The van der Waals surface area contributed by atoms with Crippen molar-refractivity contribution in [3.8, 4) is 0 Å². The van der Waals surface area contributed by atoms with E-state index in [1.54, 1.807) is 4.90 Å². The van der Waals surface area contributed by atoms with Crippen LogP contribution in [-0.4, -0.2) is 69.7 Å². The van der Waals surface area contributed by atoms with E-state index in [9.17, 15) is 9.59 Å². The number of hydrogen-bond acceptors (Lipinski definition) is 4. The molecule has 1 amide bonds. The van der Waals surface area contributed by atoms with E-state index >= 15 is 0 Å². The van der Waals surface area contributed by atoms with E-state index in [2.05, 4.69) is 10.2 Å². The van der Waals surface area contributed by atoms with Gasteiger partial charge in [-0.1, -0.05) is 0 Å². The zero-order chi connectivity index (χ0) is 14.7. The first kappa shape index (κ1) is 14.5. The minimum Gasteiger partial charge on any atom is -0.480 e. The van der Waals surface area contributed by atoms with E-state index in [0.717, 1.165) is 17.0 Å². The van der Waals surface area contributed by atoms with Gasteiger partial charge in [-0.3, -0.25) is 19.6 Å². The van der Waals surface area contributed by atoms with Crippen molar-refractivity contribution in [2.24, 2.45) is 0 Å². The van der Waals surface area contributed by atoms with Crippen LogP contribution in [0.4, 0.5) is 0 Å². The highest BCUT2D eigenvalue weighted by Crippen LogP contribution is 2.12. The van der Waals surface area contributed by atoms with Gasteiger partial charge in [0.2, 0.25) is 5.91 Å². The van der Waals surface area contributed by atoms with Crippen molar-refractivity contribution in [1.29, 1.82) is 0 Å². The lowest BCUT2D eigenvalue weighted by atomic mass is 10.1. The molecular formula is C13H20N4O3. The molecule has 1 saturated heterocycles. The number of nitrogens with one attached hydrogen (secondary N) is 1. The molecular weight excluding hydrogens is 260 g/mol. The average Bonchev–Trinajstić information content (AvgIpc) is 2.70. The highest BCUT2D eigenvalue weighted by molar-refractivity contribution is 5.79. The molecule has 2 heterocycles. The van der Waals surface area contributed by atoms with Crippen molar-refractivity contribution in [2.75, 3.05) is 32.7 Å². The minimum absolute atomic E-state index is 0.0436. The largest absolute Gasteiger partial charge is 0.480 e. The Balaban J connectivity index is 1.88. The van der Waals surface area contributed by atoms with Crippen molar-refractivity contribution in [3.05, 3.63) is 17.0 Å². The van der Waals surface area contributed by atoms with Crippen molar-refractivity contribution in [1.82, 2.24) is 20.0 Å². The van der Waals surface area contributed by atoms with Crippen molar-refractivity contribution >= 4 is 11.9 Å². The van der Waals surface area contributed by atoms with Gasteiger partial charge in [-0.15, -0.1) is 0 Å². The summed E-state index contributed by atoms with van der Waals surface area (Å²) in [6.45, 7) is 6.24. The van der Waals surface area contributed by atoms with Gasteiger partial charge in [0.05, 0.1) is 18.7 Å². The third-order valence-electron chi connectivity index (χ3n) is 3.69. The number of piperazine rings is 1. The number of aromatic amines is 1. The molecule has 7 heteroatoms. The fraction of sp³-hybridized carbons (Fsp3) is 0.615. The lowest BCUT2D eigenvalue weighted by Crippen LogP contribution is -2.50. The maximum atomic E-state index is 12.2. The number of aryl methyl sites for hydroxylation is 2. The second-order valence-electron chi connectivity index (χ2n) is 5.14. The molecule has 0 aromatic carbocycles. The zero-order valence-electron chi connectivity index (χ0n) is 11.8. The Bertz CT molecular complexity index is 484. The predicted octanol–water partition coefficient (Wildman–Crippen LogP) is -0.202. The number of amides is 1. The Kier molecular flexibility index (Phi) is 4.39. The highest BCUT2D eigenvalue weighted by Gasteiger charge is 2.23. The van der Waals surface area contributed by atoms with E-state index in [-0.39, 0.29) is 12.5 Å². The van der Waals surface area contributed by atoms with Gasteiger partial charge in [0.15, 0.2) is 0 Å². The predicted molar refractivity (Wildman–Crippen MR) is 72.4 cm³/mol. The molecule has 2 N–H and O–H groups in total. The maximum Gasteiger partial charge on any atom is 0.317 e. The summed E-state index contributed by atoms with van der Waals surface area (Å²) in [5, 5.41) is 15.7. The van der Waals surface area contributed by atoms with Crippen LogP contribution in [0.3, 0.4) is 0 Å². The number of carboxylic acid groups (broad SMARTS) is 1. The average molecular weight is 280 g/mol. The van der Waals surface area contributed by atoms with E-state index < -0.39 is 5.97 Å². The van der Waals surface area contributed by atoms with E-state index in [4.69, 9.17) is 5.11 Å². The second-order valence-corrected chi connectivity index (χ2v) is 5.14. The Morgan fingerprint density at radius 3 is 2.40 bits per heavy atom. The summed E-state index contributed by atoms with van der Waals surface area (Å²) in [4.78, 5) is 26.5. The summed E-state index contributed by atoms with van der Waals surface area (Å²) in [6.07, 6.45) is 0.354. The molecule has 0 spiro atoms. The summed E-state index contributed by atoms with van der Waals surface area (Å²) in [6, 6.07) is 0. The molecule has 0 aliphatic carbocycles. The molecule has 0 saturated carbocycles. The molecule has 1 aliphatic heterocycles. The van der Waals surface area contributed by atoms with Crippen LogP contribution in [0.5, 0.6) is 0 Å². The monoisotopic (exact) mass is 280 g/mol. The Hall–Kier alpha value is -1.89. The van der Waals surface area contributed by atoms with Crippen LogP contribution in [-0.2, 0) is 16.0 Å². The van der Waals surface area contributed by atoms with Gasteiger partial charge < -0.3 is 10.0 Å². The molecule has 20 heavy (non-hydrogen) atoms. The quantitative estimate of drug-likeness (QED) is 0.797. The first-order chi connectivity index (χ1) is 9.47. The number of nitrogens with zero attached hydrogens (tertiary/aromatic N) is 3. The van der Waals surface area contributed by atoms with Gasteiger partial charge in [-0.05, 0) is 13.8 Å². The third-order valence-corrected chi connectivity index (χ3v) is 3.69. The van der Waals surface area contributed by atoms with Crippen LogP contribution in [0.1, 0.15) is 17.0 Å². The SMILES string of the molecule is Cc1n[nH]c(C)c1CC(=O)N1CCN(CC(=O)O)CC1. The number of aromatic nitrogens is 2. The standard InChI is InChI=1S/C13H20N4O3/c1-9-11(10(2)15-14-9)7-12(18)17-5-3-16(4-6-17)8-13(19)20/h3-8H2,1-2H3,(H,14,15)(H,19,20). The highest BCUT2D eigenvalue weighted by atomic mass is 16.4. The fourth-order valence-corrected chi connectivity index (χ4v) is 2.44. The van der Waals surface area contributed by atoms with Crippen LogP contribution < -0.4 is 0 Å². The van der Waals surface area contributed by atoms with E-state index in [1.807, 2.05) is 18.7 Å². The normalized spacial score (nSPS) is 16.4. The molecule has 0 atom stereocenters. The van der Waals surface area contributed by atoms with Crippen LogP contribution >= 0.6 is 0 Å². The molecule has 1 aromatic rings. The summed E-state index contributed by atoms with van der Waals surface area (Å²) in [5.74, 6) is -0.748. The van der Waals surface area contributed by atoms with Crippen LogP contribution in [0.25, 0.3) is 0 Å². The number of carboxylic acids is 1. The molecule has 0 bridgehead atoms. The molecule has 1 fully saturated rings. The van der Waals surface area contributed by atoms with Crippen LogP contribution in [0.2, 0.25) is 0 Å². The summed E-state index contributed by atoms with van der Waals surface area (Å²) in [7, 11) is 0. The summed E-state index contributed by atoms with van der Waals surface area (Å²) >= 11 is 0. The summed E-state index contributed by atoms with van der Waals surface area (Å²) < 4.78 is 0. The zero-order valence-corrected chi connectivity index (χ0v) is 11.8. The van der Waals surface area contributed by atoms with Gasteiger partial charge in [0.1, 0.15) is 0 Å². The molecule has 2 rings (SSSR count). The van der Waals surface area contributed by atoms with Gasteiger partial charge in [-0.2, -0.15) is 5.10 Å². The van der Waals surface area contributed by atoms with Crippen LogP contribution in [0.15, 0.2) is 0 Å². The Morgan fingerprint density at radius 2 is 1.90 bits per heavy atom. The van der Waals surface area contributed by atoms with E-state index in [0.29, 0.717) is 32.6 Å². The number of H-pyrrole nitrogens is 1. The first-order valence-corrected chi connectivity index (χ1v) is 6.69. The minimum atomic E-state index is -0.825. The van der Waals surface area contributed by atoms with Gasteiger partial charge >= 0.3 is 5.97 Å². The number of rotatable bonds is 4. The molecule has 0 unspecified atom stereocenters. The number of carbonyl (C=O) groups excluding carboxylic acids is 1. The Labute approximate surface area is 117 Å². The third kappa shape index (κ3) is 3.36. The van der Waals surface area contributed by atoms with Gasteiger partial charge in [0, 0.05) is 37.4 Å². The second kappa shape index (κ2) is 6.04. The lowest BCUT2D eigenvalue weighted by molar-refractivity contribution is -0.139. The topological polar surface area (TPSA) is 89.5 Å². The van der Waals surface area contributed by atoms with Crippen molar-refractivity contribution < 1.29 is 14.7 Å².